The van der Waals surface area contributed by atoms with Crippen LogP contribution in [0.4, 0.5) is 29.2 Å². The van der Waals surface area contributed by atoms with Crippen molar-refractivity contribution in [2.45, 2.75) is 46.0 Å². The first-order chi connectivity index (χ1) is 23.7. The number of ether oxygens (including phenoxy) is 6. The molecular weight excluding hydrogens is 614 g/mol. The first kappa shape index (κ1) is 37.1. The van der Waals surface area contributed by atoms with Crippen LogP contribution in [0.15, 0.2) is 42.5 Å². The van der Waals surface area contributed by atoms with E-state index in [2.05, 4.69) is 41.5 Å². The molecule has 2 heterocycles. The van der Waals surface area contributed by atoms with Gasteiger partial charge in [-0.25, -0.2) is 0 Å². The van der Waals surface area contributed by atoms with Crippen LogP contribution in [0.2, 0.25) is 0 Å². The van der Waals surface area contributed by atoms with Gasteiger partial charge in [0.2, 0.25) is 17.8 Å². The van der Waals surface area contributed by atoms with Gasteiger partial charge < -0.3 is 49.7 Å². The Bertz CT molecular complexity index is 1310. The van der Waals surface area contributed by atoms with Gasteiger partial charge >= 0.3 is 0 Å². The molecule has 1 aliphatic heterocycles. The van der Waals surface area contributed by atoms with Crippen LogP contribution in [0.3, 0.4) is 0 Å². The van der Waals surface area contributed by atoms with Crippen molar-refractivity contribution in [1.29, 1.82) is 0 Å². The summed E-state index contributed by atoms with van der Waals surface area (Å²) in [6, 6.07) is 13.8. The molecule has 264 valence electrons. The number of anilines is 5. The molecule has 0 unspecified atom stereocenters. The second-order valence-electron chi connectivity index (χ2n) is 11.3. The lowest BCUT2D eigenvalue weighted by Crippen LogP contribution is -2.28. The molecule has 0 saturated heterocycles. The number of unbranched alkanes of at least 4 members (excludes halogenated alkanes) is 2. The minimum Gasteiger partial charge on any atom is -0.487 e. The lowest BCUT2D eigenvalue weighted by Gasteiger charge is -2.23. The molecule has 0 aliphatic carbocycles. The number of hydrogen-bond acceptors (Lipinski definition) is 13. The quantitative estimate of drug-likeness (QED) is 0.222. The summed E-state index contributed by atoms with van der Waals surface area (Å²) in [6.45, 7) is 11.3. The summed E-state index contributed by atoms with van der Waals surface area (Å²) in [4.78, 5) is 16.7. The van der Waals surface area contributed by atoms with Crippen molar-refractivity contribution in [1.82, 2.24) is 15.0 Å². The fourth-order valence-corrected chi connectivity index (χ4v) is 4.81. The maximum atomic E-state index is 6.12. The third-order valence-corrected chi connectivity index (χ3v) is 7.40. The molecule has 0 atom stereocenters. The van der Waals surface area contributed by atoms with E-state index in [-0.39, 0.29) is 0 Å². The van der Waals surface area contributed by atoms with Crippen LogP contribution < -0.4 is 30.7 Å². The molecule has 0 radical (unpaired) electrons. The van der Waals surface area contributed by atoms with E-state index in [1.54, 1.807) is 0 Å². The highest BCUT2D eigenvalue weighted by atomic mass is 16.6. The number of benzene rings is 2. The third kappa shape index (κ3) is 13.4. The number of rotatable bonds is 13. The number of nitrogens with two attached hydrogens (primary N) is 1. The Morgan fingerprint density at radius 2 is 1.12 bits per heavy atom. The lowest BCUT2D eigenvalue weighted by molar-refractivity contribution is -0.00841. The van der Waals surface area contributed by atoms with Crippen molar-refractivity contribution in [3.8, 4) is 11.5 Å². The summed E-state index contributed by atoms with van der Waals surface area (Å²) in [5.41, 5.74) is 8.54. The van der Waals surface area contributed by atoms with Gasteiger partial charge in [0.25, 0.3) is 0 Å². The normalized spacial score (nSPS) is 15.2. The number of hydrogen-bond donors (Lipinski definition) is 3. The van der Waals surface area contributed by atoms with Crippen LogP contribution in [0.25, 0.3) is 0 Å². The first-order valence-electron chi connectivity index (χ1n) is 17.2. The smallest absolute Gasteiger partial charge is 0.233 e. The molecule has 4 rings (SSSR count). The topological polar surface area (TPSA) is 147 Å². The highest BCUT2D eigenvalue weighted by Gasteiger charge is 2.15. The van der Waals surface area contributed by atoms with E-state index < -0.39 is 0 Å². The average Bonchev–Trinajstić information content (AvgIpc) is 3.09. The molecule has 0 fully saturated rings. The van der Waals surface area contributed by atoms with Crippen molar-refractivity contribution in [2.75, 3.05) is 101 Å². The van der Waals surface area contributed by atoms with Gasteiger partial charge in [-0.2, -0.15) is 15.0 Å². The van der Waals surface area contributed by atoms with Crippen LogP contribution in [-0.2, 0) is 25.4 Å². The van der Waals surface area contributed by atoms with Gasteiger partial charge in [0, 0.05) is 30.5 Å². The van der Waals surface area contributed by atoms with Crippen LogP contribution >= 0.6 is 0 Å². The third-order valence-electron chi connectivity index (χ3n) is 7.40. The van der Waals surface area contributed by atoms with E-state index >= 15 is 0 Å². The van der Waals surface area contributed by atoms with E-state index in [9.17, 15) is 0 Å². The Morgan fingerprint density at radius 3 is 1.67 bits per heavy atom. The van der Waals surface area contributed by atoms with Gasteiger partial charge in [0.05, 0.1) is 52.9 Å². The van der Waals surface area contributed by atoms with Gasteiger partial charge in [-0.15, -0.1) is 0 Å². The van der Waals surface area contributed by atoms with Crippen LogP contribution in [-0.4, -0.2) is 101 Å². The molecule has 4 N–H and O–H groups in total. The monoisotopic (exact) mass is 667 g/mol. The fourth-order valence-electron chi connectivity index (χ4n) is 4.81. The summed E-state index contributed by atoms with van der Waals surface area (Å²) in [5.74, 6) is 2.67. The molecule has 3 aromatic rings. The molecule has 0 amide bonds. The molecule has 1 aromatic heterocycles. The molecule has 48 heavy (non-hydrogen) atoms. The summed E-state index contributed by atoms with van der Waals surface area (Å²) in [7, 11) is 0. The maximum absolute atomic E-state index is 6.12. The van der Waals surface area contributed by atoms with Gasteiger partial charge in [-0.3, -0.25) is 0 Å². The maximum Gasteiger partial charge on any atom is 0.233 e. The number of fused-ring (bicyclic) bond motifs is 1. The van der Waals surface area contributed by atoms with Crippen molar-refractivity contribution in [3.05, 3.63) is 48.0 Å². The molecule has 13 heteroatoms. The highest BCUT2D eigenvalue weighted by molar-refractivity contribution is 5.62. The van der Waals surface area contributed by atoms with Crippen molar-refractivity contribution < 1.29 is 28.4 Å². The van der Waals surface area contributed by atoms with E-state index in [1.165, 1.54) is 5.56 Å². The Kier molecular flexibility index (Phi) is 17.0. The first-order valence-corrected chi connectivity index (χ1v) is 17.2. The number of nitrogens with one attached hydrogen (secondary N) is 2. The average molecular weight is 668 g/mol. The number of aromatic nitrogens is 3. The Hall–Kier alpha value is -3.75. The molecule has 2 aromatic carbocycles. The Labute approximate surface area is 284 Å². The molecule has 0 saturated carbocycles. The van der Waals surface area contributed by atoms with Crippen LogP contribution in [0.1, 0.15) is 45.1 Å². The van der Waals surface area contributed by atoms with Gasteiger partial charge in [-0.05, 0) is 55.6 Å². The van der Waals surface area contributed by atoms with E-state index in [4.69, 9.17) is 49.1 Å². The van der Waals surface area contributed by atoms with Crippen LogP contribution in [0, 0.1) is 0 Å². The molecule has 0 spiro atoms. The number of nitrogens with zero attached hydrogens (tertiary/aromatic N) is 4. The fraction of sp³-hybridized carbons (Fsp3) is 0.571. The van der Waals surface area contributed by atoms with Crippen molar-refractivity contribution >= 4 is 29.2 Å². The zero-order valence-corrected chi connectivity index (χ0v) is 28.6. The molecular formula is C35H53N7O6. The largest absolute Gasteiger partial charge is 0.487 e. The predicted molar refractivity (Wildman–Crippen MR) is 188 cm³/mol. The molecule has 1 aliphatic rings. The summed E-state index contributed by atoms with van der Waals surface area (Å²) in [5, 5.41) is 6.76. The van der Waals surface area contributed by atoms with Gasteiger partial charge in [0.1, 0.15) is 13.2 Å². The second-order valence-corrected chi connectivity index (χ2v) is 11.3. The second kappa shape index (κ2) is 22.0. The highest BCUT2D eigenvalue weighted by Crippen LogP contribution is 2.32. The minimum absolute atomic E-state index is 0.345. The summed E-state index contributed by atoms with van der Waals surface area (Å²) >= 11 is 0. The Morgan fingerprint density at radius 1 is 0.625 bits per heavy atom. The summed E-state index contributed by atoms with van der Waals surface area (Å²) < 4.78 is 34.5. The standard InChI is InChI=1S/C35H53N7O6/c1-3-5-15-42(16-6-4-2)35-40-33(37-29-9-7-28(8-10-29)13-14-36)39-34(41-35)38-30-11-12-31-32(27-30)48-26-24-46-22-20-44-18-17-43-19-21-45-23-25-47-31/h7-12,27H,3-6,13-26,36H2,1-2H3,(H2,37,38,39,40,41). The summed E-state index contributed by atoms with van der Waals surface area (Å²) in [6.07, 6.45) is 5.07. The Balaban J connectivity index is 1.55. The van der Waals surface area contributed by atoms with Crippen molar-refractivity contribution in [3.63, 3.8) is 0 Å². The SMILES string of the molecule is CCCCN(CCCC)c1nc(Nc2ccc(CCN)cc2)nc(Nc2ccc3c(c2)OCCOCCOCCOCCOCCO3)n1. The van der Waals surface area contributed by atoms with Crippen LogP contribution in [0.5, 0.6) is 11.5 Å². The predicted octanol–water partition coefficient (Wildman–Crippen LogP) is 5.10. The van der Waals surface area contributed by atoms with E-state index in [1.807, 2.05) is 30.3 Å². The van der Waals surface area contributed by atoms with Gasteiger partial charge in [-0.1, -0.05) is 38.8 Å². The lowest BCUT2D eigenvalue weighted by atomic mass is 10.1. The van der Waals surface area contributed by atoms with Crippen molar-refractivity contribution in [2.24, 2.45) is 5.73 Å². The minimum atomic E-state index is 0.345. The zero-order valence-electron chi connectivity index (χ0n) is 28.6. The molecule has 13 nitrogen and oxygen atoms in total. The van der Waals surface area contributed by atoms with E-state index in [0.717, 1.165) is 56.6 Å². The van der Waals surface area contributed by atoms with Gasteiger partial charge in [0.15, 0.2) is 11.5 Å². The molecule has 0 bridgehead atoms. The zero-order chi connectivity index (χ0) is 33.7. The van der Waals surface area contributed by atoms with E-state index in [0.29, 0.717) is 102 Å².